The van der Waals surface area contributed by atoms with Crippen LogP contribution in [-0.2, 0) is 3.07 Å². The third kappa shape index (κ3) is 3.59. The molecule has 0 radical (unpaired) electrons. The number of nitrogens with one attached hydrogen (secondary N) is 3. The molecule has 0 aliphatic carbocycles. The van der Waals surface area contributed by atoms with Crippen molar-refractivity contribution in [2.45, 2.75) is 3.92 Å². The average Bonchev–Trinajstić information content (AvgIpc) is 3.13. The Labute approximate surface area is 188 Å². The molecule has 0 saturated carbocycles. The monoisotopic (exact) mass is 537 g/mol. The molecule has 2 aliphatic rings. The van der Waals surface area contributed by atoms with Crippen LogP contribution >= 0.6 is 0 Å². The summed E-state index contributed by atoms with van der Waals surface area (Å²) in [7, 11) is 1.41. The van der Waals surface area contributed by atoms with Gasteiger partial charge in [-0.15, -0.1) is 0 Å². The Balaban J connectivity index is 1.74. The van der Waals surface area contributed by atoms with Crippen LogP contribution in [-0.4, -0.2) is 42.7 Å². The second-order valence-electron chi connectivity index (χ2n) is 6.91. The molecule has 3 aromatic rings. The predicted octanol–water partition coefficient (Wildman–Crippen LogP) is 0.166. The summed E-state index contributed by atoms with van der Waals surface area (Å²) in [4.78, 5) is 20.5. The zero-order valence-electron chi connectivity index (χ0n) is 16.5. The zero-order valence-corrected chi connectivity index (χ0v) is 18.7. The van der Waals surface area contributed by atoms with Crippen molar-refractivity contribution in [3.8, 4) is 22.8 Å². The molecule has 162 valence electrons. The van der Waals surface area contributed by atoms with Crippen molar-refractivity contribution < 1.29 is 43.3 Å². The number of alkyl halides is 1. The van der Waals surface area contributed by atoms with E-state index in [0.29, 0.717) is 48.1 Å². The number of hydrogen-bond acceptors (Lipinski definition) is 6. The van der Waals surface area contributed by atoms with Crippen LogP contribution in [0.2, 0.25) is 0 Å². The van der Waals surface area contributed by atoms with Gasteiger partial charge in [-0.1, -0.05) is 0 Å². The van der Waals surface area contributed by atoms with E-state index in [1.807, 2.05) is 6.07 Å². The molecule has 2 bridgehead atoms. The van der Waals surface area contributed by atoms with Crippen molar-refractivity contribution in [3.05, 3.63) is 53.7 Å². The van der Waals surface area contributed by atoms with E-state index in [1.54, 1.807) is 24.5 Å². The number of fused-ring (bicyclic) bond motifs is 3. The van der Waals surface area contributed by atoms with Gasteiger partial charge in [0.25, 0.3) is 0 Å². The summed E-state index contributed by atoms with van der Waals surface area (Å²) in [6.07, 6.45) is 3.29. The summed E-state index contributed by atoms with van der Waals surface area (Å²) in [5.41, 5.74) is 3.66. The number of nitrogens with zero attached hydrogens (tertiary/aromatic N) is 1. The van der Waals surface area contributed by atoms with Gasteiger partial charge >= 0.3 is 189 Å². The summed E-state index contributed by atoms with van der Waals surface area (Å²) in [6.45, 7) is 1.38. The molecule has 31 heavy (non-hydrogen) atoms. The minimum absolute atomic E-state index is 0.0543. The zero-order chi connectivity index (χ0) is 21.4. The average molecular weight is 537 g/mol. The molecular formula is C21H19FIN4O4-. The molecule has 2 aromatic heterocycles. The summed E-state index contributed by atoms with van der Waals surface area (Å²) >= 11 is -0.695. The molecule has 5 rings (SSSR count). The molecule has 1 aromatic carbocycles. The van der Waals surface area contributed by atoms with E-state index in [1.165, 1.54) is 13.2 Å². The summed E-state index contributed by atoms with van der Waals surface area (Å²) < 4.78 is 31.4. The van der Waals surface area contributed by atoms with Crippen LogP contribution < -0.4 is 41.7 Å². The molecule has 4 heterocycles. The van der Waals surface area contributed by atoms with Gasteiger partial charge in [-0.05, 0) is 0 Å². The number of carbonyl (C=O) groups excluding carboxylic acids is 1. The maximum absolute atomic E-state index is 14.3. The Kier molecular flexibility index (Phi) is 5.40. The van der Waals surface area contributed by atoms with Gasteiger partial charge in [0.15, 0.2) is 0 Å². The number of halogens is 2. The molecule has 0 spiro atoms. The number of para-hydroxylation sites is 1. The first-order valence-corrected chi connectivity index (χ1v) is 11.8. The maximum atomic E-state index is 14.3. The van der Waals surface area contributed by atoms with Gasteiger partial charge in [0.2, 0.25) is 0 Å². The van der Waals surface area contributed by atoms with Crippen molar-refractivity contribution in [2.75, 3.05) is 32.2 Å². The van der Waals surface area contributed by atoms with Crippen LogP contribution in [0.25, 0.3) is 11.3 Å². The first-order valence-electron chi connectivity index (χ1n) is 9.63. The summed E-state index contributed by atoms with van der Waals surface area (Å²) in [5, 5.41) is 6.20. The fourth-order valence-corrected chi connectivity index (χ4v) is 5.71. The van der Waals surface area contributed by atoms with Gasteiger partial charge in [0.1, 0.15) is 0 Å². The SMILES string of the molecule is COc1c(F)cccc1Nc1c2[nH]c3c1C(=O)NCC3[I-]OCCOc1cnccc1-2. The van der Waals surface area contributed by atoms with E-state index in [9.17, 15) is 9.18 Å². The quantitative estimate of drug-likeness (QED) is 0.326. The Morgan fingerprint density at radius 1 is 1.32 bits per heavy atom. The molecule has 1 atom stereocenters. The Bertz CT molecular complexity index is 1150. The molecule has 0 saturated heterocycles. The number of aromatic amines is 1. The van der Waals surface area contributed by atoms with Crippen molar-refractivity contribution in [1.82, 2.24) is 15.3 Å². The second-order valence-corrected chi connectivity index (χ2v) is 9.54. The number of methoxy groups -OCH3 is 1. The third-order valence-corrected chi connectivity index (χ3v) is 7.56. The predicted molar refractivity (Wildman–Crippen MR) is 107 cm³/mol. The molecule has 1 unspecified atom stereocenters. The molecule has 2 aliphatic heterocycles. The number of amides is 1. The van der Waals surface area contributed by atoms with E-state index in [4.69, 9.17) is 12.5 Å². The number of anilines is 2. The topological polar surface area (TPSA) is 97.5 Å². The first-order chi connectivity index (χ1) is 15.2. The number of pyridine rings is 1. The van der Waals surface area contributed by atoms with Gasteiger partial charge in [0, 0.05) is 0 Å². The molecule has 1 amide bonds. The van der Waals surface area contributed by atoms with Crippen LogP contribution in [0.15, 0.2) is 36.7 Å². The van der Waals surface area contributed by atoms with Gasteiger partial charge in [0.05, 0.1) is 0 Å². The third-order valence-electron chi connectivity index (χ3n) is 5.08. The standard InChI is InChI=1S/C21H19FIN4O4/c1-29-20-12(22)3-2-4-14(20)26-19-16-18-13(9-25-21(16)28)23-31-8-7-30-15-10-24-6-5-11(15)17(19)27-18/h2-6,10,13,26-27H,7-9H2,1H3,(H,25,28)/q-1. The van der Waals surface area contributed by atoms with Gasteiger partial charge in [-0.3, -0.25) is 0 Å². The number of H-pyrrole nitrogens is 1. The van der Waals surface area contributed by atoms with Crippen molar-refractivity contribution in [2.24, 2.45) is 0 Å². The van der Waals surface area contributed by atoms with Gasteiger partial charge < -0.3 is 0 Å². The molecular weight excluding hydrogens is 518 g/mol. The van der Waals surface area contributed by atoms with Crippen molar-refractivity contribution in [3.63, 3.8) is 0 Å². The van der Waals surface area contributed by atoms with E-state index >= 15 is 0 Å². The van der Waals surface area contributed by atoms with Crippen molar-refractivity contribution in [1.29, 1.82) is 0 Å². The van der Waals surface area contributed by atoms with Crippen LogP contribution in [0.3, 0.4) is 0 Å². The van der Waals surface area contributed by atoms with Crippen LogP contribution in [0, 0.1) is 5.82 Å². The van der Waals surface area contributed by atoms with E-state index in [2.05, 4.69) is 20.6 Å². The van der Waals surface area contributed by atoms with Gasteiger partial charge in [-0.25, -0.2) is 0 Å². The molecule has 8 nitrogen and oxygen atoms in total. The normalized spacial score (nSPS) is 17.9. The summed E-state index contributed by atoms with van der Waals surface area (Å²) in [6, 6.07) is 6.43. The number of benzene rings is 1. The number of ether oxygens (including phenoxy) is 2. The molecule has 0 fully saturated rings. The Morgan fingerprint density at radius 3 is 3.10 bits per heavy atom. The number of hydrogen-bond donors (Lipinski definition) is 3. The Morgan fingerprint density at radius 2 is 2.23 bits per heavy atom. The first kappa shape index (κ1) is 20.1. The second kappa shape index (κ2) is 8.35. The molecule has 3 N–H and O–H groups in total. The van der Waals surface area contributed by atoms with E-state index in [-0.39, 0.29) is 15.6 Å². The molecule has 10 heteroatoms. The van der Waals surface area contributed by atoms with Crippen LogP contribution in [0.4, 0.5) is 15.8 Å². The number of aromatic nitrogens is 2. The summed E-state index contributed by atoms with van der Waals surface area (Å²) in [5.74, 6) is -0.0677. The number of rotatable bonds is 3. The Hall–Kier alpha value is -2.86. The van der Waals surface area contributed by atoms with Crippen LogP contribution in [0.1, 0.15) is 20.0 Å². The van der Waals surface area contributed by atoms with Crippen LogP contribution in [0.5, 0.6) is 11.5 Å². The fourth-order valence-electron chi connectivity index (χ4n) is 3.72. The van der Waals surface area contributed by atoms with Crippen molar-refractivity contribution >= 4 is 17.3 Å². The van der Waals surface area contributed by atoms with E-state index in [0.717, 1.165) is 11.3 Å². The number of carbonyl (C=O) groups is 1. The van der Waals surface area contributed by atoms with Gasteiger partial charge in [-0.2, -0.15) is 0 Å². The minimum atomic E-state index is -0.695. The van der Waals surface area contributed by atoms with E-state index < -0.39 is 27.4 Å². The fraction of sp³-hybridized carbons (Fsp3) is 0.238.